The predicted molar refractivity (Wildman–Crippen MR) is 156 cm³/mol. The number of ether oxygens (including phenoxy) is 2. The Balaban J connectivity index is 1.55. The Bertz CT molecular complexity index is 1520. The molecule has 0 fully saturated rings. The molecule has 1 amide bonds. The molecule has 2 N–H and O–H groups in total. The number of aromatic nitrogens is 3. The van der Waals surface area contributed by atoms with Gasteiger partial charge in [-0.3, -0.25) is 9.78 Å². The average Bonchev–Trinajstić information content (AvgIpc) is 3.43. The molecule has 11 heteroatoms. The standard InChI is InChI=1S/C30H35N7O4/c1-6-39-26-15-24-23(14-25(26)34-27(38)8-7-13-37(4)5)29(20(16-31)17-32-24)33-21-9-11-22(12-10-21)40-18-28-35-30(19(2)3)36-41-28/h9-12,14-15,17,19H,6-8,13,18H2,1-5H3,(H,32,33)(H,34,38). The van der Waals surface area contributed by atoms with Crippen LogP contribution in [0.3, 0.4) is 0 Å². The molecule has 2 aromatic carbocycles. The predicted octanol–water partition coefficient (Wildman–Crippen LogP) is 5.61. The van der Waals surface area contributed by atoms with Crippen LogP contribution in [0.25, 0.3) is 10.9 Å². The first-order valence-electron chi connectivity index (χ1n) is 13.5. The fraction of sp³-hybridized carbons (Fsp3) is 0.367. The molecule has 0 spiro atoms. The van der Waals surface area contributed by atoms with Crippen molar-refractivity contribution in [3.63, 3.8) is 0 Å². The number of hydrogen-bond acceptors (Lipinski definition) is 10. The third-order valence-corrected chi connectivity index (χ3v) is 6.16. The van der Waals surface area contributed by atoms with E-state index in [1.54, 1.807) is 12.1 Å². The Morgan fingerprint density at radius 3 is 2.61 bits per heavy atom. The molecule has 2 heterocycles. The van der Waals surface area contributed by atoms with E-state index in [1.807, 2.05) is 64.0 Å². The summed E-state index contributed by atoms with van der Waals surface area (Å²) in [6, 6.07) is 13.1. The van der Waals surface area contributed by atoms with Crippen LogP contribution in [-0.4, -0.2) is 53.2 Å². The molecule has 0 saturated carbocycles. The van der Waals surface area contributed by atoms with E-state index in [0.29, 0.717) is 64.1 Å². The molecule has 0 aliphatic carbocycles. The molecule has 0 aliphatic heterocycles. The zero-order chi connectivity index (χ0) is 29.4. The number of fused-ring (bicyclic) bond motifs is 1. The Morgan fingerprint density at radius 2 is 1.95 bits per heavy atom. The zero-order valence-corrected chi connectivity index (χ0v) is 24.0. The largest absolute Gasteiger partial charge is 0.492 e. The van der Waals surface area contributed by atoms with Crippen LogP contribution in [0.2, 0.25) is 0 Å². The van der Waals surface area contributed by atoms with Crippen molar-refractivity contribution in [3.05, 3.63) is 59.9 Å². The number of nitrogens with one attached hydrogen (secondary N) is 2. The van der Waals surface area contributed by atoms with E-state index in [9.17, 15) is 10.1 Å². The summed E-state index contributed by atoms with van der Waals surface area (Å²) in [7, 11) is 3.95. The van der Waals surface area contributed by atoms with E-state index in [0.717, 1.165) is 18.7 Å². The van der Waals surface area contributed by atoms with E-state index in [-0.39, 0.29) is 18.4 Å². The lowest BCUT2D eigenvalue weighted by Crippen LogP contribution is -2.17. The lowest BCUT2D eigenvalue weighted by Gasteiger charge is -2.16. The Morgan fingerprint density at radius 1 is 1.17 bits per heavy atom. The van der Waals surface area contributed by atoms with Crippen molar-refractivity contribution < 1.29 is 18.8 Å². The van der Waals surface area contributed by atoms with Gasteiger partial charge in [-0.05, 0) is 64.3 Å². The molecule has 41 heavy (non-hydrogen) atoms. The second kappa shape index (κ2) is 13.6. The van der Waals surface area contributed by atoms with Crippen molar-refractivity contribution >= 4 is 33.9 Å². The van der Waals surface area contributed by atoms with Crippen LogP contribution in [0.1, 0.15) is 56.8 Å². The van der Waals surface area contributed by atoms with Crippen LogP contribution in [0, 0.1) is 11.3 Å². The van der Waals surface area contributed by atoms with Gasteiger partial charge in [0.05, 0.1) is 29.1 Å². The highest BCUT2D eigenvalue weighted by Crippen LogP contribution is 2.36. The van der Waals surface area contributed by atoms with Crippen LogP contribution >= 0.6 is 0 Å². The summed E-state index contributed by atoms with van der Waals surface area (Å²) in [5.74, 6) is 2.26. The first-order valence-corrected chi connectivity index (χ1v) is 13.5. The second-order valence-corrected chi connectivity index (χ2v) is 10.1. The number of benzene rings is 2. The van der Waals surface area contributed by atoms with Gasteiger partial charge in [-0.15, -0.1) is 0 Å². The molecule has 214 valence electrons. The molecular formula is C30H35N7O4. The second-order valence-electron chi connectivity index (χ2n) is 10.1. The van der Waals surface area contributed by atoms with E-state index < -0.39 is 0 Å². The molecule has 0 aliphatic rings. The summed E-state index contributed by atoms with van der Waals surface area (Å²) < 4.78 is 16.8. The number of nitriles is 1. The number of rotatable bonds is 13. The minimum atomic E-state index is -0.109. The van der Waals surface area contributed by atoms with Crippen molar-refractivity contribution in [2.24, 2.45) is 0 Å². The number of hydrogen-bond donors (Lipinski definition) is 2. The first-order chi connectivity index (χ1) is 19.8. The summed E-state index contributed by atoms with van der Waals surface area (Å²) in [6.07, 6.45) is 2.63. The summed E-state index contributed by atoms with van der Waals surface area (Å²) in [5.41, 5.74) is 2.83. The number of nitrogens with zero attached hydrogens (tertiary/aromatic N) is 5. The number of carbonyl (C=O) groups excluding carboxylic acids is 1. The minimum absolute atomic E-state index is 0.109. The van der Waals surface area contributed by atoms with E-state index in [4.69, 9.17) is 14.0 Å². The van der Waals surface area contributed by atoms with Crippen LogP contribution in [0.15, 0.2) is 47.1 Å². The van der Waals surface area contributed by atoms with E-state index in [1.165, 1.54) is 6.20 Å². The fourth-order valence-electron chi connectivity index (χ4n) is 4.07. The topological polar surface area (TPSA) is 138 Å². The Kier molecular flexibility index (Phi) is 9.71. The number of amides is 1. The lowest BCUT2D eigenvalue weighted by molar-refractivity contribution is -0.116. The first kappa shape index (κ1) is 29.3. The van der Waals surface area contributed by atoms with Crippen molar-refractivity contribution in [2.75, 3.05) is 37.9 Å². The van der Waals surface area contributed by atoms with Gasteiger partial charge >= 0.3 is 0 Å². The molecule has 0 saturated heterocycles. The number of carbonyl (C=O) groups is 1. The number of pyridine rings is 1. The van der Waals surface area contributed by atoms with Gasteiger partial charge in [0.2, 0.25) is 5.91 Å². The van der Waals surface area contributed by atoms with Crippen LogP contribution < -0.4 is 20.1 Å². The molecule has 0 atom stereocenters. The zero-order valence-electron chi connectivity index (χ0n) is 24.0. The molecule has 0 radical (unpaired) electrons. The van der Waals surface area contributed by atoms with Crippen LogP contribution in [0.5, 0.6) is 11.5 Å². The van der Waals surface area contributed by atoms with Crippen molar-refractivity contribution in [2.45, 2.75) is 46.1 Å². The maximum Gasteiger partial charge on any atom is 0.264 e. The van der Waals surface area contributed by atoms with Gasteiger partial charge in [-0.25, -0.2) is 0 Å². The van der Waals surface area contributed by atoms with Gasteiger partial charge in [0.15, 0.2) is 12.4 Å². The van der Waals surface area contributed by atoms with E-state index >= 15 is 0 Å². The molecule has 0 bridgehead atoms. The van der Waals surface area contributed by atoms with Gasteiger partial charge in [0, 0.05) is 35.7 Å². The lowest BCUT2D eigenvalue weighted by atomic mass is 10.1. The Labute approximate surface area is 239 Å². The van der Waals surface area contributed by atoms with Crippen LogP contribution in [0.4, 0.5) is 17.1 Å². The quantitative estimate of drug-likeness (QED) is 0.213. The molecule has 0 unspecified atom stereocenters. The summed E-state index contributed by atoms with van der Waals surface area (Å²) in [5, 5.41) is 20.8. The maximum atomic E-state index is 12.7. The average molecular weight is 558 g/mol. The third-order valence-electron chi connectivity index (χ3n) is 6.16. The SMILES string of the molecule is CCOc1cc2ncc(C#N)c(Nc3ccc(OCc4nc(C(C)C)no4)cc3)c2cc1NC(=O)CCCN(C)C. The third kappa shape index (κ3) is 7.70. The highest BCUT2D eigenvalue weighted by molar-refractivity contribution is 6.02. The van der Waals surface area contributed by atoms with Crippen molar-refractivity contribution in [1.29, 1.82) is 5.26 Å². The molecule has 4 rings (SSSR count). The van der Waals surface area contributed by atoms with Crippen LogP contribution in [-0.2, 0) is 11.4 Å². The highest BCUT2D eigenvalue weighted by Gasteiger charge is 2.16. The monoisotopic (exact) mass is 557 g/mol. The van der Waals surface area contributed by atoms with Crippen molar-refractivity contribution in [1.82, 2.24) is 20.0 Å². The normalized spacial score (nSPS) is 11.1. The summed E-state index contributed by atoms with van der Waals surface area (Å²) >= 11 is 0. The minimum Gasteiger partial charge on any atom is -0.492 e. The van der Waals surface area contributed by atoms with Gasteiger partial charge in [0.1, 0.15) is 17.6 Å². The summed E-state index contributed by atoms with van der Waals surface area (Å²) in [6.45, 7) is 7.26. The molecule has 4 aromatic rings. The number of anilines is 3. The van der Waals surface area contributed by atoms with Gasteiger partial charge in [0.25, 0.3) is 5.89 Å². The fourth-order valence-corrected chi connectivity index (χ4v) is 4.07. The highest BCUT2D eigenvalue weighted by atomic mass is 16.5. The Hall–Kier alpha value is -4.69. The van der Waals surface area contributed by atoms with Gasteiger partial charge < -0.3 is 29.5 Å². The van der Waals surface area contributed by atoms with Gasteiger partial charge in [-0.1, -0.05) is 19.0 Å². The van der Waals surface area contributed by atoms with Crippen molar-refractivity contribution in [3.8, 4) is 17.6 Å². The molecule has 11 nitrogen and oxygen atoms in total. The van der Waals surface area contributed by atoms with E-state index in [2.05, 4.69) is 31.8 Å². The smallest absolute Gasteiger partial charge is 0.264 e. The molecular weight excluding hydrogens is 522 g/mol. The maximum absolute atomic E-state index is 12.7. The summed E-state index contributed by atoms with van der Waals surface area (Å²) in [4.78, 5) is 23.5. The molecule has 2 aromatic heterocycles. The van der Waals surface area contributed by atoms with Gasteiger partial charge in [-0.2, -0.15) is 10.2 Å².